The van der Waals surface area contributed by atoms with Gasteiger partial charge in [0.2, 0.25) is 0 Å². The molecule has 3 nitrogen and oxygen atoms in total. The molecule has 104 valence electrons. The molecule has 0 amide bonds. The molecular formula is C18H17N3. The fraction of sp³-hybridized carbons (Fsp3) is 0.222. The van der Waals surface area contributed by atoms with Gasteiger partial charge in [0.25, 0.3) is 0 Å². The molecule has 0 saturated heterocycles. The molecule has 0 unspecified atom stereocenters. The van der Waals surface area contributed by atoms with Gasteiger partial charge in [-0.2, -0.15) is 5.10 Å². The average molecular weight is 275 g/mol. The number of aryl methyl sites for hydroxylation is 1. The highest BCUT2D eigenvalue weighted by molar-refractivity contribution is 5.78. The number of para-hydroxylation sites is 1. The Balaban J connectivity index is 1.48. The molecule has 0 fully saturated rings. The van der Waals surface area contributed by atoms with Crippen molar-refractivity contribution in [1.82, 2.24) is 14.8 Å². The van der Waals surface area contributed by atoms with Crippen LogP contribution in [0.4, 0.5) is 0 Å². The highest BCUT2D eigenvalue weighted by Gasteiger charge is 2.00. The number of unbranched alkanes of at least 4 members (excludes halogenated alkanes) is 2. The van der Waals surface area contributed by atoms with Crippen LogP contribution in [-0.4, -0.2) is 14.8 Å². The number of benzene rings is 1. The standard InChI is InChI=1S/C18H17N3/c1(3-10-17-11-6-7-13-19-17)2-8-14-21-18-12-5-4-9-16(18)15-20-21/h4-7,9,11-13,15H,1-2,8,14H2. The highest BCUT2D eigenvalue weighted by Crippen LogP contribution is 2.13. The average Bonchev–Trinajstić information content (AvgIpc) is 2.95. The number of nitrogens with zero attached hydrogens (tertiary/aromatic N) is 3. The zero-order chi connectivity index (χ0) is 14.3. The van der Waals surface area contributed by atoms with E-state index < -0.39 is 0 Å². The Bertz CT molecular complexity index is 763. The van der Waals surface area contributed by atoms with Crippen LogP contribution in [0.1, 0.15) is 25.0 Å². The SMILES string of the molecule is C(#Cc1ccccn1)CCCCn1ncc2ccccc21. The Labute approximate surface area is 124 Å². The van der Waals surface area contributed by atoms with Crippen molar-refractivity contribution in [3.8, 4) is 11.8 Å². The number of fused-ring (bicyclic) bond motifs is 1. The maximum absolute atomic E-state index is 4.43. The summed E-state index contributed by atoms with van der Waals surface area (Å²) in [7, 11) is 0. The van der Waals surface area contributed by atoms with Gasteiger partial charge in [0.15, 0.2) is 0 Å². The van der Waals surface area contributed by atoms with Gasteiger partial charge in [-0.15, -0.1) is 0 Å². The monoisotopic (exact) mass is 275 g/mol. The van der Waals surface area contributed by atoms with Gasteiger partial charge in [0.1, 0.15) is 5.69 Å². The van der Waals surface area contributed by atoms with Gasteiger partial charge in [-0.3, -0.25) is 4.68 Å². The second-order valence-electron chi connectivity index (χ2n) is 4.90. The molecule has 0 atom stereocenters. The fourth-order valence-corrected chi connectivity index (χ4v) is 2.27. The third kappa shape index (κ3) is 3.49. The van der Waals surface area contributed by atoms with E-state index in [1.165, 1.54) is 10.9 Å². The molecular weight excluding hydrogens is 258 g/mol. The van der Waals surface area contributed by atoms with Gasteiger partial charge >= 0.3 is 0 Å². The van der Waals surface area contributed by atoms with Crippen LogP contribution in [-0.2, 0) is 6.54 Å². The van der Waals surface area contributed by atoms with Crippen LogP contribution in [0, 0.1) is 11.8 Å². The summed E-state index contributed by atoms with van der Waals surface area (Å²) in [6.07, 6.45) is 6.76. The molecule has 0 radical (unpaired) electrons. The number of pyridine rings is 1. The zero-order valence-corrected chi connectivity index (χ0v) is 11.9. The predicted molar refractivity (Wildman–Crippen MR) is 84.7 cm³/mol. The molecule has 0 saturated carbocycles. The van der Waals surface area contributed by atoms with Crippen LogP contribution < -0.4 is 0 Å². The molecule has 1 aromatic carbocycles. The van der Waals surface area contributed by atoms with E-state index in [0.29, 0.717) is 0 Å². The van der Waals surface area contributed by atoms with Crippen molar-refractivity contribution in [2.24, 2.45) is 0 Å². The third-order valence-electron chi connectivity index (χ3n) is 3.35. The number of aromatic nitrogens is 3. The first kappa shape index (κ1) is 13.4. The quantitative estimate of drug-likeness (QED) is 0.537. The second kappa shape index (κ2) is 6.71. The van der Waals surface area contributed by atoms with E-state index in [1.54, 1.807) is 6.20 Å². The van der Waals surface area contributed by atoms with E-state index in [9.17, 15) is 0 Å². The molecule has 2 aromatic heterocycles. The zero-order valence-electron chi connectivity index (χ0n) is 11.9. The lowest BCUT2D eigenvalue weighted by atomic mass is 10.2. The van der Waals surface area contributed by atoms with Crippen molar-refractivity contribution in [2.75, 3.05) is 0 Å². The molecule has 0 bridgehead atoms. The lowest BCUT2D eigenvalue weighted by Crippen LogP contribution is -1.99. The second-order valence-corrected chi connectivity index (χ2v) is 4.90. The summed E-state index contributed by atoms with van der Waals surface area (Å²) in [5.74, 6) is 6.26. The Morgan fingerprint density at radius 3 is 2.81 bits per heavy atom. The lowest BCUT2D eigenvalue weighted by Gasteiger charge is -2.01. The summed E-state index contributed by atoms with van der Waals surface area (Å²) in [4.78, 5) is 4.18. The van der Waals surface area contributed by atoms with Gasteiger partial charge in [0, 0.05) is 24.5 Å². The maximum atomic E-state index is 4.43. The first-order chi connectivity index (χ1) is 10.4. The molecule has 0 aliphatic rings. The van der Waals surface area contributed by atoms with Gasteiger partial charge in [-0.25, -0.2) is 4.98 Å². The van der Waals surface area contributed by atoms with E-state index in [1.807, 2.05) is 30.5 Å². The van der Waals surface area contributed by atoms with Crippen molar-refractivity contribution in [2.45, 2.75) is 25.8 Å². The summed E-state index contributed by atoms with van der Waals surface area (Å²) in [6.45, 7) is 0.943. The van der Waals surface area contributed by atoms with Gasteiger partial charge < -0.3 is 0 Å². The molecule has 3 aromatic rings. The van der Waals surface area contributed by atoms with Crippen molar-refractivity contribution < 1.29 is 0 Å². The van der Waals surface area contributed by atoms with Crippen LogP contribution in [0.15, 0.2) is 54.9 Å². The van der Waals surface area contributed by atoms with Gasteiger partial charge in [0.05, 0.1) is 11.7 Å². The summed E-state index contributed by atoms with van der Waals surface area (Å²) in [6, 6.07) is 14.1. The normalized spacial score (nSPS) is 10.3. The number of rotatable bonds is 4. The van der Waals surface area contributed by atoms with Crippen molar-refractivity contribution in [3.63, 3.8) is 0 Å². The number of hydrogen-bond donors (Lipinski definition) is 0. The van der Waals surface area contributed by atoms with Crippen molar-refractivity contribution in [1.29, 1.82) is 0 Å². The molecule has 3 rings (SSSR count). The van der Waals surface area contributed by atoms with Crippen LogP contribution >= 0.6 is 0 Å². The largest absolute Gasteiger partial charge is 0.265 e. The lowest BCUT2D eigenvalue weighted by molar-refractivity contribution is 0.578. The summed E-state index contributed by atoms with van der Waals surface area (Å²) in [5, 5.41) is 5.63. The van der Waals surface area contributed by atoms with Crippen LogP contribution in [0.2, 0.25) is 0 Å². The summed E-state index contributed by atoms with van der Waals surface area (Å²) >= 11 is 0. The van der Waals surface area contributed by atoms with Gasteiger partial charge in [-0.05, 0) is 37.0 Å². The minimum atomic E-state index is 0.843. The Morgan fingerprint density at radius 2 is 1.90 bits per heavy atom. The topological polar surface area (TPSA) is 30.7 Å². The molecule has 0 N–H and O–H groups in total. The van der Waals surface area contributed by atoms with Crippen LogP contribution in [0.3, 0.4) is 0 Å². The smallest absolute Gasteiger partial charge is 0.113 e. The van der Waals surface area contributed by atoms with Crippen LogP contribution in [0.25, 0.3) is 10.9 Å². The highest BCUT2D eigenvalue weighted by atomic mass is 15.3. The molecule has 21 heavy (non-hydrogen) atoms. The predicted octanol–water partition coefficient (Wildman–Crippen LogP) is 3.65. The van der Waals surface area contributed by atoms with E-state index in [0.717, 1.165) is 31.5 Å². The molecule has 0 aliphatic carbocycles. The fourth-order valence-electron chi connectivity index (χ4n) is 2.27. The van der Waals surface area contributed by atoms with Crippen LogP contribution in [0.5, 0.6) is 0 Å². The van der Waals surface area contributed by atoms with E-state index in [2.05, 4.69) is 44.8 Å². The Morgan fingerprint density at radius 1 is 1.00 bits per heavy atom. The van der Waals surface area contributed by atoms with E-state index in [-0.39, 0.29) is 0 Å². The molecule has 3 heteroatoms. The summed E-state index contributed by atoms with van der Waals surface area (Å²) < 4.78 is 2.07. The van der Waals surface area contributed by atoms with Crippen molar-refractivity contribution in [3.05, 3.63) is 60.6 Å². The molecule has 0 aliphatic heterocycles. The maximum Gasteiger partial charge on any atom is 0.113 e. The van der Waals surface area contributed by atoms with Crippen molar-refractivity contribution >= 4 is 10.9 Å². The van der Waals surface area contributed by atoms with E-state index in [4.69, 9.17) is 0 Å². The van der Waals surface area contributed by atoms with E-state index >= 15 is 0 Å². The first-order valence-electron chi connectivity index (χ1n) is 7.24. The molecule has 0 spiro atoms. The van der Waals surface area contributed by atoms with Gasteiger partial charge in [-0.1, -0.05) is 30.2 Å². The minimum absolute atomic E-state index is 0.843. The summed E-state index contributed by atoms with van der Waals surface area (Å²) in [5.41, 5.74) is 2.05. The first-order valence-corrected chi connectivity index (χ1v) is 7.24. The third-order valence-corrected chi connectivity index (χ3v) is 3.35. The Kier molecular flexibility index (Phi) is 4.28. The number of hydrogen-bond acceptors (Lipinski definition) is 2. The Hall–Kier alpha value is -2.60. The minimum Gasteiger partial charge on any atom is -0.265 e. The molecule has 2 heterocycles.